The summed E-state index contributed by atoms with van der Waals surface area (Å²) in [5, 5.41) is 5.80. The number of aryl methyl sites for hydroxylation is 1. The van der Waals surface area contributed by atoms with Crippen LogP contribution >= 0.6 is 23.1 Å². The average Bonchev–Trinajstić information content (AvgIpc) is 3.02. The lowest BCUT2D eigenvalue weighted by molar-refractivity contribution is 0.425. The molecule has 1 heterocycles. The zero-order chi connectivity index (χ0) is 14.6. The molecule has 1 aromatic rings. The van der Waals surface area contributed by atoms with Crippen LogP contribution < -0.4 is 5.32 Å². The Hall–Kier alpha value is -0.0600. The summed E-state index contributed by atoms with van der Waals surface area (Å²) in [4.78, 5) is 6.28. The third kappa shape index (κ3) is 5.05. The second-order valence-corrected chi connectivity index (χ2v) is 9.11. The summed E-state index contributed by atoms with van der Waals surface area (Å²) in [5.74, 6) is 1.11. The van der Waals surface area contributed by atoms with E-state index in [4.69, 9.17) is 4.98 Å². The molecule has 0 spiro atoms. The van der Waals surface area contributed by atoms with Crippen molar-refractivity contribution in [2.45, 2.75) is 82.9 Å². The van der Waals surface area contributed by atoms with Gasteiger partial charge in [0.05, 0.1) is 5.69 Å². The molecule has 0 atom stereocenters. The Morgan fingerprint density at radius 3 is 2.60 bits per heavy atom. The number of rotatable bonds is 6. The lowest BCUT2D eigenvalue weighted by Gasteiger charge is -2.20. The largest absolute Gasteiger partial charge is 0.307 e. The summed E-state index contributed by atoms with van der Waals surface area (Å²) < 4.78 is 0. The van der Waals surface area contributed by atoms with E-state index in [1.165, 1.54) is 41.3 Å². The minimum atomic E-state index is 0.174. The van der Waals surface area contributed by atoms with E-state index >= 15 is 0 Å². The highest BCUT2D eigenvalue weighted by molar-refractivity contribution is 7.99. The van der Waals surface area contributed by atoms with Gasteiger partial charge in [0, 0.05) is 28.0 Å². The van der Waals surface area contributed by atoms with Gasteiger partial charge in [-0.1, -0.05) is 19.8 Å². The van der Waals surface area contributed by atoms with Gasteiger partial charge in [0.2, 0.25) is 0 Å². The second kappa shape index (κ2) is 7.28. The summed E-state index contributed by atoms with van der Waals surface area (Å²) in [5.41, 5.74) is 1.47. The number of nitrogens with one attached hydrogen (secondary N) is 1. The molecule has 0 radical (unpaired) electrons. The van der Waals surface area contributed by atoms with E-state index < -0.39 is 0 Å². The van der Waals surface area contributed by atoms with Gasteiger partial charge in [0.25, 0.3) is 0 Å². The van der Waals surface area contributed by atoms with Crippen LogP contribution in [0, 0.1) is 0 Å². The van der Waals surface area contributed by atoms with E-state index in [9.17, 15) is 0 Å². The minimum Gasteiger partial charge on any atom is -0.307 e. The van der Waals surface area contributed by atoms with Crippen molar-refractivity contribution < 1.29 is 0 Å². The van der Waals surface area contributed by atoms with Gasteiger partial charge in [0.15, 0.2) is 0 Å². The zero-order valence-corrected chi connectivity index (χ0v) is 14.9. The van der Waals surface area contributed by atoms with Gasteiger partial charge in [-0.25, -0.2) is 4.98 Å². The lowest BCUT2D eigenvalue weighted by Crippen LogP contribution is -2.35. The molecular formula is C16H28N2S2. The maximum Gasteiger partial charge on any atom is 0.103 e. The first-order valence-electron chi connectivity index (χ1n) is 7.82. The van der Waals surface area contributed by atoms with Crippen molar-refractivity contribution in [3.05, 3.63) is 15.6 Å². The molecule has 1 aromatic heterocycles. The van der Waals surface area contributed by atoms with E-state index in [0.717, 1.165) is 24.0 Å². The van der Waals surface area contributed by atoms with Crippen molar-refractivity contribution in [2.75, 3.05) is 0 Å². The normalized spacial score (nSPS) is 17.0. The van der Waals surface area contributed by atoms with Gasteiger partial charge in [-0.05, 0) is 40.0 Å². The van der Waals surface area contributed by atoms with Crippen LogP contribution in [0.2, 0.25) is 0 Å². The van der Waals surface area contributed by atoms with E-state index in [2.05, 4.69) is 44.8 Å². The van der Waals surface area contributed by atoms with Gasteiger partial charge in [-0.3, -0.25) is 0 Å². The highest BCUT2D eigenvalue weighted by atomic mass is 32.2. The van der Waals surface area contributed by atoms with Crippen molar-refractivity contribution in [1.29, 1.82) is 0 Å². The maximum atomic E-state index is 4.85. The van der Waals surface area contributed by atoms with Gasteiger partial charge >= 0.3 is 0 Å². The third-order valence-electron chi connectivity index (χ3n) is 3.68. The first-order valence-corrected chi connectivity index (χ1v) is 9.68. The van der Waals surface area contributed by atoms with Crippen LogP contribution in [0.3, 0.4) is 0 Å². The van der Waals surface area contributed by atoms with Crippen molar-refractivity contribution in [2.24, 2.45) is 0 Å². The Morgan fingerprint density at radius 1 is 1.30 bits per heavy atom. The average molecular weight is 313 g/mol. The van der Waals surface area contributed by atoms with Crippen LogP contribution in [0.4, 0.5) is 0 Å². The van der Waals surface area contributed by atoms with Crippen molar-refractivity contribution in [3.8, 4) is 0 Å². The molecule has 114 valence electrons. The Bertz CT molecular complexity index is 415. The summed E-state index contributed by atoms with van der Waals surface area (Å²) in [6, 6.07) is 0. The van der Waals surface area contributed by atoms with Crippen LogP contribution in [0.5, 0.6) is 0 Å². The predicted molar refractivity (Wildman–Crippen MR) is 91.6 cm³/mol. The smallest absolute Gasteiger partial charge is 0.103 e. The number of nitrogens with zero attached hydrogens (tertiary/aromatic N) is 1. The molecule has 0 aliphatic heterocycles. The van der Waals surface area contributed by atoms with Crippen molar-refractivity contribution in [3.63, 3.8) is 0 Å². The Balaban J connectivity index is 1.91. The molecule has 1 fully saturated rings. The lowest BCUT2D eigenvalue weighted by atomic mass is 10.1. The zero-order valence-electron chi connectivity index (χ0n) is 13.3. The molecule has 0 unspecified atom stereocenters. The first kappa shape index (κ1) is 16.3. The van der Waals surface area contributed by atoms with Crippen LogP contribution in [0.1, 0.15) is 69.0 Å². The van der Waals surface area contributed by atoms with Gasteiger partial charge in [-0.2, -0.15) is 11.8 Å². The number of thiazole rings is 1. The topological polar surface area (TPSA) is 24.9 Å². The minimum absolute atomic E-state index is 0.174. The number of thioether (sulfide) groups is 1. The summed E-state index contributed by atoms with van der Waals surface area (Å²) in [6.07, 6.45) is 6.73. The quantitative estimate of drug-likeness (QED) is 0.819. The Kier molecular flexibility index (Phi) is 5.94. The molecule has 1 aliphatic carbocycles. The fourth-order valence-electron chi connectivity index (χ4n) is 2.50. The van der Waals surface area contributed by atoms with E-state index in [1.807, 2.05) is 11.3 Å². The molecule has 2 rings (SSSR count). The molecule has 1 saturated carbocycles. The van der Waals surface area contributed by atoms with Crippen molar-refractivity contribution >= 4 is 23.1 Å². The fraction of sp³-hybridized carbons (Fsp3) is 0.812. The maximum absolute atomic E-state index is 4.85. The molecule has 0 saturated heterocycles. The molecule has 20 heavy (non-hydrogen) atoms. The molecule has 0 bridgehead atoms. The summed E-state index contributed by atoms with van der Waals surface area (Å²) >= 11 is 4.03. The van der Waals surface area contributed by atoms with Crippen LogP contribution in [-0.2, 0) is 18.7 Å². The number of aromatic nitrogens is 1. The highest BCUT2D eigenvalue weighted by Crippen LogP contribution is 2.33. The van der Waals surface area contributed by atoms with Crippen LogP contribution in [-0.4, -0.2) is 15.8 Å². The van der Waals surface area contributed by atoms with E-state index in [0.29, 0.717) is 0 Å². The molecule has 0 aromatic carbocycles. The van der Waals surface area contributed by atoms with Crippen molar-refractivity contribution in [1.82, 2.24) is 10.3 Å². The fourth-order valence-corrected chi connectivity index (χ4v) is 4.94. The number of hydrogen-bond donors (Lipinski definition) is 1. The summed E-state index contributed by atoms with van der Waals surface area (Å²) in [7, 11) is 0. The summed E-state index contributed by atoms with van der Waals surface area (Å²) in [6.45, 7) is 9.82. The molecule has 1 aliphatic rings. The third-order valence-corrected chi connectivity index (χ3v) is 6.34. The van der Waals surface area contributed by atoms with Gasteiger partial charge < -0.3 is 5.32 Å². The monoisotopic (exact) mass is 312 g/mol. The standard InChI is InChI=1S/C16H28N2S2/c1-5-13-14(10-17-16(2,3)4)20-15(18-13)11-19-12-8-6-7-9-12/h12,17H,5-11H2,1-4H3. The highest BCUT2D eigenvalue weighted by Gasteiger charge is 2.18. The molecule has 2 nitrogen and oxygen atoms in total. The van der Waals surface area contributed by atoms with E-state index in [-0.39, 0.29) is 5.54 Å². The molecule has 4 heteroatoms. The van der Waals surface area contributed by atoms with Crippen LogP contribution in [0.25, 0.3) is 0 Å². The predicted octanol–water partition coefficient (Wildman–Crippen LogP) is 4.77. The SMILES string of the molecule is CCc1nc(CSC2CCCC2)sc1CNC(C)(C)C. The molecule has 0 amide bonds. The van der Waals surface area contributed by atoms with Gasteiger partial charge in [-0.15, -0.1) is 11.3 Å². The van der Waals surface area contributed by atoms with Gasteiger partial charge in [0.1, 0.15) is 5.01 Å². The molecular weight excluding hydrogens is 284 g/mol. The Labute approximate surface area is 132 Å². The first-order chi connectivity index (χ1) is 9.48. The van der Waals surface area contributed by atoms with E-state index in [1.54, 1.807) is 0 Å². The van der Waals surface area contributed by atoms with Crippen LogP contribution in [0.15, 0.2) is 0 Å². The second-order valence-electron chi connectivity index (χ2n) is 6.65. The number of hydrogen-bond acceptors (Lipinski definition) is 4. The molecule has 1 N–H and O–H groups in total. The Morgan fingerprint density at radius 2 is 2.00 bits per heavy atom.